The number of hydrogen-bond donors (Lipinski definition) is 2. The van der Waals surface area contributed by atoms with Crippen LogP contribution < -0.4 is 41.0 Å². The van der Waals surface area contributed by atoms with E-state index in [1.54, 1.807) is 6.07 Å². The van der Waals surface area contributed by atoms with Crippen molar-refractivity contribution in [1.82, 2.24) is 0 Å². The third-order valence-electron chi connectivity index (χ3n) is 1.79. The van der Waals surface area contributed by atoms with Crippen LogP contribution in [-0.4, -0.2) is 13.0 Å². The van der Waals surface area contributed by atoms with Crippen molar-refractivity contribution in [2.24, 2.45) is 11.5 Å². The number of nitrogens with two attached hydrogens (primary N) is 2. The van der Waals surface area contributed by atoms with Gasteiger partial charge >= 0.3 is 29.6 Å². The molecule has 1 aromatic carbocycles. The molecule has 0 aromatic heterocycles. The van der Waals surface area contributed by atoms with E-state index in [9.17, 15) is 13.0 Å². The molecule has 0 heterocycles. The van der Waals surface area contributed by atoms with Gasteiger partial charge in [-0.15, -0.1) is 0 Å². The van der Waals surface area contributed by atoms with Crippen LogP contribution in [0.5, 0.6) is 0 Å². The molecule has 0 aliphatic heterocycles. The molecule has 1 rings (SSSR count). The Morgan fingerprint density at radius 2 is 1.47 bits per heavy atom. The number of hydrogen-bond acceptors (Lipinski definition) is 5. The second-order valence-electron chi connectivity index (χ2n) is 2.85. The smallest absolute Gasteiger partial charge is 0.744 e. The van der Waals surface area contributed by atoms with Gasteiger partial charge in [0.25, 0.3) is 0 Å². The van der Waals surface area contributed by atoms with Crippen LogP contribution in [0.4, 0.5) is 0 Å². The Labute approximate surface area is 111 Å². The van der Waals surface area contributed by atoms with Crippen molar-refractivity contribution in [1.29, 1.82) is 0 Å². The van der Waals surface area contributed by atoms with Crippen LogP contribution in [0.3, 0.4) is 0 Å². The molecule has 78 valence electrons. The molecule has 0 saturated heterocycles. The second-order valence-corrected chi connectivity index (χ2v) is 4.23. The van der Waals surface area contributed by atoms with Gasteiger partial charge in [-0.1, -0.05) is 6.07 Å². The van der Waals surface area contributed by atoms with Crippen molar-refractivity contribution in [3.05, 3.63) is 29.3 Å². The Hall–Kier alpha value is 0.0500. The molecule has 15 heavy (non-hydrogen) atoms. The van der Waals surface area contributed by atoms with Gasteiger partial charge < -0.3 is 16.0 Å². The van der Waals surface area contributed by atoms with Crippen molar-refractivity contribution in [2.45, 2.75) is 18.0 Å². The minimum Gasteiger partial charge on any atom is -0.744 e. The molecule has 0 unspecified atom stereocenters. The van der Waals surface area contributed by atoms with Crippen molar-refractivity contribution in [3.63, 3.8) is 0 Å². The molecule has 0 fully saturated rings. The zero-order valence-corrected chi connectivity index (χ0v) is 11.3. The number of benzene rings is 1. The summed E-state index contributed by atoms with van der Waals surface area (Å²) >= 11 is 0. The molecule has 5 nitrogen and oxygen atoms in total. The van der Waals surface area contributed by atoms with E-state index in [1.165, 1.54) is 12.1 Å². The van der Waals surface area contributed by atoms with Gasteiger partial charge in [0.2, 0.25) is 0 Å². The molecule has 0 spiro atoms. The van der Waals surface area contributed by atoms with E-state index in [4.69, 9.17) is 11.5 Å². The van der Waals surface area contributed by atoms with Gasteiger partial charge in [-0.25, -0.2) is 8.42 Å². The molecule has 4 N–H and O–H groups in total. The van der Waals surface area contributed by atoms with E-state index >= 15 is 0 Å². The molecule has 0 radical (unpaired) electrons. The fourth-order valence-electron chi connectivity index (χ4n) is 1.11. The predicted molar refractivity (Wildman–Crippen MR) is 50.2 cm³/mol. The van der Waals surface area contributed by atoms with Crippen LogP contribution in [0.2, 0.25) is 0 Å². The first kappa shape index (κ1) is 15.0. The molecule has 0 saturated carbocycles. The van der Waals surface area contributed by atoms with Gasteiger partial charge in [-0.3, -0.25) is 0 Å². The Morgan fingerprint density at radius 3 is 1.73 bits per heavy atom. The van der Waals surface area contributed by atoms with Gasteiger partial charge in [-0.05, 0) is 23.3 Å². The molecular weight excluding hydrogens is 227 g/mol. The third kappa shape index (κ3) is 4.20. The molecule has 7 heteroatoms. The van der Waals surface area contributed by atoms with Crippen LogP contribution in [0.1, 0.15) is 11.1 Å². The number of rotatable bonds is 3. The summed E-state index contributed by atoms with van der Waals surface area (Å²) in [5, 5.41) is 0. The van der Waals surface area contributed by atoms with E-state index in [0.717, 1.165) is 0 Å². The summed E-state index contributed by atoms with van der Waals surface area (Å²) in [6.07, 6.45) is 0. The largest absolute Gasteiger partial charge is 1.00 e. The molecule has 0 atom stereocenters. The van der Waals surface area contributed by atoms with Gasteiger partial charge in [-0.2, -0.15) is 0 Å². The van der Waals surface area contributed by atoms with Gasteiger partial charge in [0.15, 0.2) is 0 Å². The summed E-state index contributed by atoms with van der Waals surface area (Å²) < 4.78 is 32.2. The standard InChI is InChI=1S/C8H12N2O3S.Na/c9-4-6-1-7(5-10)3-8(2-6)14(11,12)13;/h1-3H,4-5,9-10H2,(H,11,12,13);/q;+1/p-1. The quantitative estimate of drug-likeness (QED) is 0.419. The van der Waals surface area contributed by atoms with E-state index in [0.29, 0.717) is 11.1 Å². The third-order valence-corrected chi connectivity index (χ3v) is 2.60. The fourth-order valence-corrected chi connectivity index (χ4v) is 1.70. The average Bonchev–Trinajstić information content (AvgIpc) is 2.15. The zero-order chi connectivity index (χ0) is 10.8. The van der Waals surface area contributed by atoms with Crippen LogP contribution in [0.15, 0.2) is 23.1 Å². The molecule has 0 aliphatic rings. The normalized spacial score (nSPS) is 10.9. The van der Waals surface area contributed by atoms with Crippen molar-refractivity contribution >= 4 is 10.1 Å². The van der Waals surface area contributed by atoms with Crippen LogP contribution in [-0.2, 0) is 23.2 Å². The summed E-state index contributed by atoms with van der Waals surface area (Å²) in [5.41, 5.74) is 11.9. The topological polar surface area (TPSA) is 109 Å². The summed E-state index contributed by atoms with van der Waals surface area (Å²) in [6.45, 7) is 0.354. The first-order valence-corrected chi connectivity index (χ1v) is 5.37. The van der Waals surface area contributed by atoms with Gasteiger partial charge in [0, 0.05) is 13.1 Å². The summed E-state index contributed by atoms with van der Waals surface area (Å²) in [4.78, 5) is -0.277. The second kappa shape index (κ2) is 5.95. The average molecular weight is 238 g/mol. The first-order valence-electron chi connectivity index (χ1n) is 3.96. The first-order chi connectivity index (χ1) is 6.47. The molecule has 0 aliphatic carbocycles. The zero-order valence-electron chi connectivity index (χ0n) is 8.43. The Morgan fingerprint density at radius 1 is 1.07 bits per heavy atom. The monoisotopic (exact) mass is 238 g/mol. The minimum absolute atomic E-state index is 0. The maximum atomic E-state index is 10.7. The molecule has 0 bridgehead atoms. The minimum atomic E-state index is -4.43. The maximum Gasteiger partial charge on any atom is 1.00 e. The van der Waals surface area contributed by atoms with Crippen LogP contribution in [0, 0.1) is 0 Å². The predicted octanol–water partition coefficient (Wildman–Crippen LogP) is -3.49. The fraction of sp³-hybridized carbons (Fsp3) is 0.250. The summed E-state index contributed by atoms with van der Waals surface area (Å²) in [5.74, 6) is 0. The van der Waals surface area contributed by atoms with Gasteiger partial charge in [0.05, 0.1) is 4.90 Å². The van der Waals surface area contributed by atoms with E-state index < -0.39 is 10.1 Å². The van der Waals surface area contributed by atoms with E-state index in [1.807, 2.05) is 0 Å². The molecular formula is C8H11N2NaO3S. The SMILES string of the molecule is NCc1cc(CN)cc(S(=O)(=O)[O-])c1.[Na+]. The molecule has 0 amide bonds. The van der Waals surface area contributed by atoms with Crippen molar-refractivity contribution < 1.29 is 42.5 Å². The Kier molecular flexibility index (Phi) is 5.97. The Balaban J connectivity index is 0.00000196. The maximum absolute atomic E-state index is 10.7. The van der Waals surface area contributed by atoms with Crippen LogP contribution in [0.25, 0.3) is 0 Å². The summed E-state index contributed by atoms with van der Waals surface area (Å²) in [6, 6.07) is 4.21. The van der Waals surface area contributed by atoms with Gasteiger partial charge in [0.1, 0.15) is 10.1 Å². The Bertz CT molecular complexity index is 411. The molecule has 1 aromatic rings. The summed E-state index contributed by atoms with van der Waals surface area (Å²) in [7, 11) is -4.43. The van der Waals surface area contributed by atoms with Crippen LogP contribution >= 0.6 is 0 Å². The van der Waals surface area contributed by atoms with E-state index in [-0.39, 0.29) is 47.5 Å². The van der Waals surface area contributed by atoms with Crippen molar-refractivity contribution in [3.8, 4) is 0 Å². The van der Waals surface area contributed by atoms with Crippen molar-refractivity contribution in [2.75, 3.05) is 0 Å². The van der Waals surface area contributed by atoms with E-state index in [2.05, 4.69) is 0 Å².